The van der Waals surface area contributed by atoms with E-state index < -0.39 is 4.92 Å². The minimum Gasteiger partial charge on any atom is -0.377 e. The Morgan fingerprint density at radius 3 is 2.50 bits per heavy atom. The van der Waals surface area contributed by atoms with Crippen molar-refractivity contribution < 1.29 is 9.72 Å². The summed E-state index contributed by atoms with van der Waals surface area (Å²) in [7, 11) is 7.68. The van der Waals surface area contributed by atoms with Crippen LogP contribution in [0.5, 0.6) is 0 Å². The molecule has 28 heavy (non-hydrogen) atoms. The molecule has 0 saturated heterocycles. The SMILES string of the molecule is CN(C)c1cc([N+](=O)[O-])ccc1C(=O)N1CCCC(N(C)C)c2ccccc21. The van der Waals surface area contributed by atoms with Crippen LogP contribution in [0, 0.1) is 10.1 Å². The van der Waals surface area contributed by atoms with E-state index in [4.69, 9.17) is 0 Å². The Morgan fingerprint density at radius 2 is 1.86 bits per heavy atom. The van der Waals surface area contributed by atoms with E-state index in [-0.39, 0.29) is 17.6 Å². The largest absolute Gasteiger partial charge is 0.377 e. The predicted octanol–water partition coefficient (Wildman–Crippen LogP) is 3.70. The van der Waals surface area contributed by atoms with E-state index in [9.17, 15) is 14.9 Å². The van der Waals surface area contributed by atoms with Crippen LogP contribution in [0.1, 0.15) is 34.8 Å². The lowest BCUT2D eigenvalue weighted by Gasteiger charge is -2.28. The van der Waals surface area contributed by atoms with Gasteiger partial charge in [-0.3, -0.25) is 14.9 Å². The number of hydrogen-bond acceptors (Lipinski definition) is 5. The molecule has 0 saturated carbocycles. The van der Waals surface area contributed by atoms with Gasteiger partial charge >= 0.3 is 0 Å². The summed E-state index contributed by atoms with van der Waals surface area (Å²) in [4.78, 5) is 30.0. The minimum absolute atomic E-state index is 0.0239. The van der Waals surface area contributed by atoms with Gasteiger partial charge < -0.3 is 14.7 Å². The summed E-state index contributed by atoms with van der Waals surface area (Å²) in [6, 6.07) is 12.7. The number of rotatable bonds is 4. The fourth-order valence-electron chi connectivity index (χ4n) is 3.81. The first-order chi connectivity index (χ1) is 13.3. The molecular weight excluding hydrogens is 356 g/mol. The lowest BCUT2D eigenvalue weighted by atomic mass is 10.0. The quantitative estimate of drug-likeness (QED) is 0.596. The zero-order valence-electron chi connectivity index (χ0n) is 16.8. The fourth-order valence-corrected chi connectivity index (χ4v) is 3.81. The highest BCUT2D eigenvalue weighted by atomic mass is 16.6. The van der Waals surface area contributed by atoms with Crippen molar-refractivity contribution in [3.8, 4) is 0 Å². The van der Waals surface area contributed by atoms with Gasteiger partial charge in [0.1, 0.15) is 0 Å². The number of benzene rings is 2. The third kappa shape index (κ3) is 3.71. The Labute approximate surface area is 165 Å². The highest BCUT2D eigenvalue weighted by Gasteiger charge is 2.29. The lowest BCUT2D eigenvalue weighted by Crippen LogP contribution is -2.33. The number of fused-ring (bicyclic) bond motifs is 1. The monoisotopic (exact) mass is 382 g/mol. The molecule has 0 aliphatic carbocycles. The standard InChI is InChI=1S/C21H26N4O3/c1-22(2)18-10-7-13-24(19-9-6-5-8-16(18)19)21(26)17-12-11-15(25(27)28)14-20(17)23(3)4/h5-6,8-9,11-12,14,18H,7,10,13H2,1-4H3. The van der Waals surface area contributed by atoms with Crippen molar-refractivity contribution >= 4 is 23.0 Å². The smallest absolute Gasteiger partial charge is 0.271 e. The topological polar surface area (TPSA) is 69.9 Å². The number of anilines is 2. The van der Waals surface area contributed by atoms with Crippen LogP contribution in [-0.4, -0.2) is 50.5 Å². The van der Waals surface area contributed by atoms with E-state index in [1.165, 1.54) is 12.1 Å². The average Bonchev–Trinajstić information content (AvgIpc) is 2.86. The van der Waals surface area contributed by atoms with Crippen molar-refractivity contribution in [2.75, 3.05) is 44.5 Å². The molecule has 0 aromatic heterocycles. The van der Waals surface area contributed by atoms with E-state index in [2.05, 4.69) is 25.1 Å². The zero-order chi connectivity index (χ0) is 20.4. The normalized spacial score (nSPS) is 16.5. The van der Waals surface area contributed by atoms with Gasteiger partial charge in [0.05, 0.1) is 16.2 Å². The van der Waals surface area contributed by atoms with Gasteiger partial charge in [-0.15, -0.1) is 0 Å². The molecule has 0 N–H and O–H groups in total. The zero-order valence-corrected chi connectivity index (χ0v) is 16.8. The van der Waals surface area contributed by atoms with Gasteiger partial charge in [0.15, 0.2) is 0 Å². The van der Waals surface area contributed by atoms with Crippen molar-refractivity contribution in [1.29, 1.82) is 0 Å². The van der Waals surface area contributed by atoms with E-state index in [1.807, 2.05) is 23.1 Å². The number of non-ortho nitro benzene ring substituents is 1. The van der Waals surface area contributed by atoms with Gasteiger partial charge in [-0.1, -0.05) is 18.2 Å². The van der Waals surface area contributed by atoms with E-state index >= 15 is 0 Å². The molecule has 0 bridgehead atoms. The van der Waals surface area contributed by atoms with Gasteiger partial charge in [-0.25, -0.2) is 0 Å². The van der Waals surface area contributed by atoms with Crippen LogP contribution in [0.3, 0.4) is 0 Å². The van der Waals surface area contributed by atoms with Crippen LogP contribution in [-0.2, 0) is 0 Å². The Balaban J connectivity index is 2.07. The van der Waals surface area contributed by atoms with Gasteiger partial charge in [0.25, 0.3) is 11.6 Å². The molecule has 1 unspecified atom stereocenters. The summed E-state index contributed by atoms with van der Waals surface area (Å²) in [6.07, 6.45) is 1.85. The average molecular weight is 382 g/mol. The van der Waals surface area contributed by atoms with Gasteiger partial charge in [-0.2, -0.15) is 0 Å². The van der Waals surface area contributed by atoms with Crippen LogP contribution in [0.25, 0.3) is 0 Å². The first kappa shape index (κ1) is 19.8. The highest BCUT2D eigenvalue weighted by molar-refractivity contribution is 6.10. The molecule has 1 aliphatic heterocycles. The number of hydrogen-bond donors (Lipinski definition) is 0. The number of nitrogens with zero attached hydrogens (tertiary/aromatic N) is 4. The molecular formula is C21H26N4O3. The predicted molar refractivity (Wildman–Crippen MR) is 111 cm³/mol. The molecule has 148 valence electrons. The molecule has 7 heteroatoms. The minimum atomic E-state index is -0.440. The number of nitro groups is 1. The number of para-hydroxylation sites is 1. The van der Waals surface area contributed by atoms with Crippen molar-refractivity contribution in [2.45, 2.75) is 18.9 Å². The van der Waals surface area contributed by atoms with E-state index in [1.54, 1.807) is 25.1 Å². The Bertz CT molecular complexity index is 895. The molecule has 1 atom stereocenters. The summed E-state index contributed by atoms with van der Waals surface area (Å²) < 4.78 is 0. The molecule has 2 aromatic carbocycles. The summed E-state index contributed by atoms with van der Waals surface area (Å²) in [5.74, 6) is -0.134. The second-order valence-electron chi connectivity index (χ2n) is 7.49. The van der Waals surface area contributed by atoms with Crippen LogP contribution in [0.15, 0.2) is 42.5 Å². The highest BCUT2D eigenvalue weighted by Crippen LogP contribution is 2.37. The second-order valence-corrected chi connectivity index (χ2v) is 7.49. The van der Waals surface area contributed by atoms with Crippen LogP contribution in [0.2, 0.25) is 0 Å². The Kier molecular flexibility index (Phi) is 5.65. The molecule has 3 rings (SSSR count). The molecule has 1 aliphatic rings. The van der Waals surface area contributed by atoms with Crippen LogP contribution < -0.4 is 9.80 Å². The third-order valence-electron chi connectivity index (χ3n) is 5.22. The summed E-state index contributed by atoms with van der Waals surface area (Å²) in [6.45, 7) is 0.615. The molecule has 1 heterocycles. The molecule has 0 spiro atoms. The van der Waals surface area contributed by atoms with Crippen molar-refractivity contribution in [3.63, 3.8) is 0 Å². The maximum atomic E-state index is 13.5. The van der Waals surface area contributed by atoms with Crippen molar-refractivity contribution in [3.05, 3.63) is 63.7 Å². The third-order valence-corrected chi connectivity index (χ3v) is 5.22. The van der Waals surface area contributed by atoms with E-state index in [0.29, 0.717) is 17.8 Å². The first-order valence-corrected chi connectivity index (χ1v) is 9.34. The summed E-state index contributed by atoms with van der Waals surface area (Å²) in [5.41, 5.74) is 3.03. The summed E-state index contributed by atoms with van der Waals surface area (Å²) >= 11 is 0. The van der Waals surface area contributed by atoms with Crippen LogP contribution in [0.4, 0.5) is 17.1 Å². The maximum absolute atomic E-state index is 13.5. The number of carbonyl (C=O) groups excluding carboxylic acids is 1. The molecule has 1 amide bonds. The summed E-state index contributed by atoms with van der Waals surface area (Å²) in [5, 5.41) is 11.2. The number of carbonyl (C=O) groups is 1. The van der Waals surface area contributed by atoms with Gasteiger partial charge in [0.2, 0.25) is 0 Å². The van der Waals surface area contributed by atoms with Crippen LogP contribution >= 0.6 is 0 Å². The fraction of sp³-hybridized carbons (Fsp3) is 0.381. The van der Waals surface area contributed by atoms with Crippen molar-refractivity contribution in [1.82, 2.24) is 4.90 Å². The molecule has 0 fully saturated rings. The van der Waals surface area contributed by atoms with Crippen molar-refractivity contribution in [2.24, 2.45) is 0 Å². The Morgan fingerprint density at radius 1 is 1.14 bits per heavy atom. The molecule has 2 aromatic rings. The van der Waals surface area contributed by atoms with E-state index in [0.717, 1.165) is 24.1 Å². The second kappa shape index (κ2) is 7.98. The first-order valence-electron chi connectivity index (χ1n) is 9.34. The molecule has 7 nitrogen and oxygen atoms in total. The van der Waals surface area contributed by atoms with Gasteiger partial charge in [0, 0.05) is 44.5 Å². The Hall–Kier alpha value is -2.93. The number of nitro benzene ring substituents is 1. The number of amides is 1. The lowest BCUT2D eigenvalue weighted by molar-refractivity contribution is -0.384. The molecule has 0 radical (unpaired) electrons. The maximum Gasteiger partial charge on any atom is 0.271 e. The van der Waals surface area contributed by atoms with Gasteiger partial charge in [-0.05, 0) is 44.6 Å².